The second kappa shape index (κ2) is 7.72. The van der Waals surface area contributed by atoms with E-state index in [0.717, 1.165) is 0 Å². The summed E-state index contributed by atoms with van der Waals surface area (Å²) in [6, 6.07) is 5.75. The Hall–Kier alpha value is -3.30. The van der Waals surface area contributed by atoms with E-state index in [-0.39, 0.29) is 17.8 Å². The number of non-ortho nitro benzene ring substituents is 1. The molecule has 0 unspecified atom stereocenters. The lowest BCUT2D eigenvalue weighted by molar-refractivity contribution is -0.384. The number of nitro benzene ring substituents is 1. The fourth-order valence-electron chi connectivity index (χ4n) is 2.56. The van der Waals surface area contributed by atoms with Gasteiger partial charge < -0.3 is 10.4 Å². The van der Waals surface area contributed by atoms with Gasteiger partial charge in [-0.2, -0.15) is 0 Å². The van der Waals surface area contributed by atoms with Crippen molar-refractivity contribution in [3.05, 3.63) is 46.3 Å². The van der Waals surface area contributed by atoms with E-state index in [4.69, 9.17) is 5.11 Å². The first-order valence-electron chi connectivity index (χ1n) is 8.01. The highest BCUT2D eigenvalue weighted by molar-refractivity contribution is 5.92. The van der Waals surface area contributed by atoms with Crippen LogP contribution < -0.4 is 5.32 Å². The van der Waals surface area contributed by atoms with Crippen LogP contribution in [0, 0.1) is 10.1 Å². The van der Waals surface area contributed by atoms with Crippen LogP contribution in [0.2, 0.25) is 0 Å². The molecule has 0 fully saturated rings. The average molecular weight is 361 g/mol. The molecular weight excluding hydrogens is 342 g/mol. The molecule has 0 aliphatic rings. The minimum atomic E-state index is -1.01. The van der Waals surface area contributed by atoms with E-state index in [1.807, 2.05) is 0 Å². The van der Waals surface area contributed by atoms with Gasteiger partial charge in [0, 0.05) is 12.1 Å². The first-order chi connectivity index (χ1) is 12.3. The van der Waals surface area contributed by atoms with Gasteiger partial charge >= 0.3 is 5.97 Å². The van der Waals surface area contributed by atoms with E-state index in [9.17, 15) is 19.7 Å². The third kappa shape index (κ3) is 4.21. The first kappa shape index (κ1) is 19.0. The monoisotopic (exact) mass is 361 g/mol. The molecule has 0 radical (unpaired) electrons. The van der Waals surface area contributed by atoms with Crippen molar-refractivity contribution in [2.45, 2.75) is 38.6 Å². The molecule has 0 aliphatic carbocycles. The van der Waals surface area contributed by atoms with E-state index in [1.165, 1.54) is 29.1 Å². The summed E-state index contributed by atoms with van der Waals surface area (Å²) in [7, 11) is 0. The Balaban J connectivity index is 2.23. The lowest BCUT2D eigenvalue weighted by Crippen LogP contribution is -2.49. The number of hydrogen-bond acceptors (Lipinski definition) is 6. The number of carboxylic acids is 1. The fraction of sp³-hybridized carbons (Fsp3) is 0.375. The molecule has 2 aromatic rings. The number of aliphatic carboxylic acids is 1. The highest BCUT2D eigenvalue weighted by Gasteiger charge is 2.32. The van der Waals surface area contributed by atoms with Crippen LogP contribution in [0.3, 0.4) is 0 Å². The molecule has 138 valence electrons. The maximum atomic E-state index is 12.5. The van der Waals surface area contributed by atoms with Crippen LogP contribution in [-0.2, 0) is 4.79 Å². The van der Waals surface area contributed by atoms with E-state index in [0.29, 0.717) is 18.5 Å². The van der Waals surface area contributed by atoms with Gasteiger partial charge in [0.2, 0.25) is 0 Å². The number of rotatable bonds is 8. The van der Waals surface area contributed by atoms with Gasteiger partial charge in [-0.3, -0.25) is 19.7 Å². The molecule has 0 spiro atoms. The van der Waals surface area contributed by atoms with Crippen LogP contribution in [0.1, 0.15) is 43.6 Å². The standard InChI is InChI=1S/C16H19N5O5/c1-3-16(4-2,9-14(22)23)17-15(24)13-10-20(19-18-13)11-6-5-7-12(8-11)21(25)26/h5-8,10H,3-4,9H2,1-2H3,(H,17,24)(H,22,23). The van der Waals surface area contributed by atoms with E-state index >= 15 is 0 Å². The number of benzene rings is 1. The van der Waals surface area contributed by atoms with Crippen molar-refractivity contribution in [3.8, 4) is 5.69 Å². The Morgan fingerprint density at radius 3 is 2.62 bits per heavy atom. The SMILES string of the molecule is CCC(CC)(CC(=O)O)NC(=O)c1cn(-c2cccc([N+](=O)[O-])c2)nn1. The topological polar surface area (TPSA) is 140 Å². The van der Waals surface area contributed by atoms with Crippen molar-refractivity contribution in [1.29, 1.82) is 0 Å². The molecule has 0 atom stereocenters. The summed E-state index contributed by atoms with van der Waals surface area (Å²) < 4.78 is 1.25. The van der Waals surface area contributed by atoms with E-state index in [1.54, 1.807) is 19.9 Å². The zero-order valence-electron chi connectivity index (χ0n) is 14.4. The highest BCUT2D eigenvalue weighted by Crippen LogP contribution is 2.21. The summed E-state index contributed by atoms with van der Waals surface area (Å²) >= 11 is 0. The Morgan fingerprint density at radius 2 is 2.04 bits per heavy atom. The smallest absolute Gasteiger partial charge is 0.305 e. The molecule has 2 N–H and O–H groups in total. The van der Waals surface area contributed by atoms with Crippen molar-refractivity contribution in [3.63, 3.8) is 0 Å². The summed E-state index contributed by atoms with van der Waals surface area (Å²) in [5.41, 5.74) is -0.610. The zero-order valence-corrected chi connectivity index (χ0v) is 14.4. The van der Waals surface area contributed by atoms with Gasteiger partial charge in [-0.05, 0) is 18.9 Å². The van der Waals surface area contributed by atoms with Gasteiger partial charge in [-0.25, -0.2) is 4.68 Å². The molecule has 10 heteroatoms. The molecule has 0 bridgehead atoms. The summed E-state index contributed by atoms with van der Waals surface area (Å²) in [5.74, 6) is -1.55. The minimum absolute atomic E-state index is 0.00632. The largest absolute Gasteiger partial charge is 0.481 e. The van der Waals surface area contributed by atoms with Crippen molar-refractivity contribution in [1.82, 2.24) is 20.3 Å². The van der Waals surface area contributed by atoms with Crippen LogP contribution in [0.15, 0.2) is 30.5 Å². The van der Waals surface area contributed by atoms with Gasteiger partial charge in [-0.15, -0.1) is 5.10 Å². The summed E-state index contributed by atoms with van der Waals surface area (Å²) in [4.78, 5) is 33.9. The highest BCUT2D eigenvalue weighted by atomic mass is 16.6. The molecule has 1 aromatic carbocycles. The number of carboxylic acid groups (broad SMARTS) is 1. The maximum absolute atomic E-state index is 12.5. The van der Waals surface area contributed by atoms with Crippen molar-refractivity contribution < 1.29 is 19.6 Å². The lowest BCUT2D eigenvalue weighted by Gasteiger charge is -2.30. The number of nitrogens with one attached hydrogen (secondary N) is 1. The summed E-state index contributed by atoms with van der Waals surface area (Å²) in [6.45, 7) is 3.60. The second-order valence-corrected chi connectivity index (χ2v) is 5.84. The number of carbonyl (C=O) groups is 2. The third-order valence-electron chi connectivity index (χ3n) is 4.25. The quantitative estimate of drug-likeness (QED) is 0.540. The number of nitro groups is 1. The maximum Gasteiger partial charge on any atom is 0.305 e. The van der Waals surface area contributed by atoms with Crippen molar-refractivity contribution in [2.24, 2.45) is 0 Å². The van der Waals surface area contributed by atoms with Gasteiger partial charge in [0.15, 0.2) is 5.69 Å². The van der Waals surface area contributed by atoms with Crippen LogP contribution >= 0.6 is 0 Å². The number of carbonyl (C=O) groups excluding carboxylic acids is 1. The number of aromatic nitrogens is 3. The molecule has 0 saturated heterocycles. The fourth-order valence-corrected chi connectivity index (χ4v) is 2.56. The molecule has 1 amide bonds. The lowest BCUT2D eigenvalue weighted by atomic mass is 9.89. The van der Waals surface area contributed by atoms with E-state index < -0.39 is 22.3 Å². The molecule has 10 nitrogen and oxygen atoms in total. The number of nitrogens with zero attached hydrogens (tertiary/aromatic N) is 4. The number of amides is 1. The zero-order chi connectivity index (χ0) is 19.3. The Bertz CT molecular complexity index is 828. The molecule has 26 heavy (non-hydrogen) atoms. The van der Waals surface area contributed by atoms with Crippen molar-refractivity contribution >= 4 is 17.6 Å². The minimum Gasteiger partial charge on any atom is -0.481 e. The third-order valence-corrected chi connectivity index (χ3v) is 4.25. The second-order valence-electron chi connectivity index (χ2n) is 5.84. The molecule has 1 heterocycles. The molecule has 1 aromatic heterocycles. The Morgan fingerprint density at radius 1 is 1.35 bits per heavy atom. The summed E-state index contributed by atoms with van der Waals surface area (Å²) in [5, 5.41) is 30.3. The van der Waals surface area contributed by atoms with Gasteiger partial charge in [0.25, 0.3) is 11.6 Å². The van der Waals surface area contributed by atoms with Crippen LogP contribution in [0.5, 0.6) is 0 Å². The van der Waals surface area contributed by atoms with Crippen LogP contribution in [0.4, 0.5) is 5.69 Å². The van der Waals surface area contributed by atoms with Gasteiger partial charge in [0.1, 0.15) is 0 Å². The van der Waals surface area contributed by atoms with Gasteiger partial charge in [0.05, 0.1) is 28.8 Å². The number of hydrogen-bond donors (Lipinski definition) is 2. The Labute approximate surface area is 149 Å². The van der Waals surface area contributed by atoms with E-state index in [2.05, 4.69) is 15.6 Å². The predicted molar refractivity (Wildman–Crippen MR) is 91.0 cm³/mol. The predicted octanol–water partition coefficient (Wildman–Crippen LogP) is 1.94. The normalized spacial score (nSPS) is 11.2. The molecule has 0 aliphatic heterocycles. The first-order valence-corrected chi connectivity index (χ1v) is 8.01. The van der Waals surface area contributed by atoms with Crippen LogP contribution in [-0.4, -0.2) is 42.4 Å². The molecule has 2 rings (SSSR count). The molecule has 0 saturated carbocycles. The van der Waals surface area contributed by atoms with Crippen molar-refractivity contribution in [2.75, 3.05) is 0 Å². The van der Waals surface area contributed by atoms with Gasteiger partial charge in [-0.1, -0.05) is 25.1 Å². The van der Waals surface area contributed by atoms with Crippen LogP contribution in [0.25, 0.3) is 5.69 Å². The average Bonchev–Trinajstić information content (AvgIpc) is 3.11. The molecular formula is C16H19N5O5. The Kier molecular flexibility index (Phi) is 5.65. The summed E-state index contributed by atoms with van der Waals surface area (Å²) in [6.07, 6.45) is 2.02.